The Morgan fingerprint density at radius 2 is 2.11 bits per heavy atom. The third kappa shape index (κ3) is 3.99. The summed E-state index contributed by atoms with van der Waals surface area (Å²) in [6, 6.07) is 4.81. The summed E-state index contributed by atoms with van der Waals surface area (Å²) >= 11 is 0. The highest BCUT2D eigenvalue weighted by molar-refractivity contribution is 7.89. The van der Waals surface area contributed by atoms with E-state index in [1.807, 2.05) is 6.92 Å². The molecule has 0 aliphatic heterocycles. The second-order valence-electron chi connectivity index (χ2n) is 4.82. The van der Waals surface area contributed by atoms with Crippen LogP contribution in [-0.2, 0) is 16.6 Å². The molecular weight excluding hydrogens is 267 g/mol. The summed E-state index contributed by atoms with van der Waals surface area (Å²) in [5.74, 6) is -0.696. The van der Waals surface area contributed by atoms with E-state index in [1.165, 1.54) is 12.1 Å². The topological polar surface area (TPSA) is 58.2 Å². The van der Waals surface area contributed by atoms with E-state index in [9.17, 15) is 12.8 Å². The summed E-state index contributed by atoms with van der Waals surface area (Å²) in [6.07, 6.45) is 3.00. The zero-order chi connectivity index (χ0) is 13.9. The molecule has 4 nitrogen and oxygen atoms in total. The summed E-state index contributed by atoms with van der Waals surface area (Å²) in [4.78, 5) is -0.281. The van der Waals surface area contributed by atoms with Crippen LogP contribution in [0.4, 0.5) is 4.39 Å². The molecule has 0 radical (unpaired) electrons. The highest BCUT2D eigenvalue weighted by atomic mass is 32.2. The summed E-state index contributed by atoms with van der Waals surface area (Å²) in [5.41, 5.74) is 0.763. The molecule has 0 saturated heterocycles. The van der Waals surface area contributed by atoms with E-state index >= 15 is 0 Å². The Bertz CT molecular complexity index is 542. The van der Waals surface area contributed by atoms with Gasteiger partial charge in [-0.2, -0.15) is 0 Å². The standard InChI is InChI=1S/C13H19FN2O2S/c1-2-7-16-19(17,18)13-6-3-10(8-12(13)14)9-15-11-4-5-11/h3,6,8,11,15-16H,2,4-5,7,9H2,1H3. The lowest BCUT2D eigenvalue weighted by molar-refractivity contribution is 0.554. The Labute approximate surface area is 113 Å². The molecule has 1 aromatic carbocycles. The van der Waals surface area contributed by atoms with Crippen molar-refractivity contribution < 1.29 is 12.8 Å². The molecule has 0 amide bonds. The average molecular weight is 286 g/mol. The Hall–Kier alpha value is -0.980. The molecule has 0 unspecified atom stereocenters. The molecule has 0 atom stereocenters. The Morgan fingerprint density at radius 3 is 2.68 bits per heavy atom. The van der Waals surface area contributed by atoms with Crippen LogP contribution < -0.4 is 10.0 Å². The minimum atomic E-state index is -3.73. The normalized spacial score (nSPS) is 15.7. The van der Waals surface area contributed by atoms with Gasteiger partial charge in [-0.3, -0.25) is 0 Å². The zero-order valence-electron chi connectivity index (χ0n) is 10.9. The first-order chi connectivity index (χ1) is 9.03. The maximum absolute atomic E-state index is 13.9. The van der Waals surface area contributed by atoms with E-state index in [1.54, 1.807) is 6.07 Å². The number of hydrogen-bond acceptors (Lipinski definition) is 3. The molecule has 1 fully saturated rings. The Kier molecular flexibility index (Phi) is 4.54. The van der Waals surface area contributed by atoms with Crippen molar-refractivity contribution in [2.75, 3.05) is 6.54 Å². The van der Waals surface area contributed by atoms with Gasteiger partial charge in [-0.1, -0.05) is 13.0 Å². The lowest BCUT2D eigenvalue weighted by atomic mass is 10.2. The van der Waals surface area contributed by atoms with Gasteiger partial charge in [-0.15, -0.1) is 0 Å². The van der Waals surface area contributed by atoms with Crippen LogP contribution in [0.1, 0.15) is 31.7 Å². The smallest absolute Gasteiger partial charge is 0.243 e. The molecule has 1 aliphatic carbocycles. The number of benzene rings is 1. The highest BCUT2D eigenvalue weighted by Gasteiger charge is 2.21. The quantitative estimate of drug-likeness (QED) is 0.803. The lowest BCUT2D eigenvalue weighted by Gasteiger charge is -2.09. The van der Waals surface area contributed by atoms with Crippen molar-refractivity contribution in [2.24, 2.45) is 0 Å². The first-order valence-electron chi connectivity index (χ1n) is 6.54. The van der Waals surface area contributed by atoms with Crippen LogP contribution in [0.3, 0.4) is 0 Å². The van der Waals surface area contributed by atoms with Crippen LogP contribution in [0.5, 0.6) is 0 Å². The molecule has 1 aromatic rings. The van der Waals surface area contributed by atoms with Crippen molar-refractivity contribution >= 4 is 10.0 Å². The van der Waals surface area contributed by atoms with Gasteiger partial charge in [0, 0.05) is 19.1 Å². The molecule has 19 heavy (non-hydrogen) atoms. The minimum absolute atomic E-state index is 0.281. The maximum Gasteiger partial charge on any atom is 0.243 e. The van der Waals surface area contributed by atoms with Crippen molar-refractivity contribution in [1.82, 2.24) is 10.0 Å². The summed E-state index contributed by atoms with van der Waals surface area (Å²) in [5, 5.41) is 3.26. The van der Waals surface area contributed by atoms with Gasteiger partial charge in [0.05, 0.1) is 0 Å². The van der Waals surface area contributed by atoms with Gasteiger partial charge < -0.3 is 5.32 Å². The molecule has 0 aromatic heterocycles. The van der Waals surface area contributed by atoms with Gasteiger partial charge in [0.25, 0.3) is 0 Å². The molecule has 106 valence electrons. The fraction of sp³-hybridized carbons (Fsp3) is 0.538. The monoisotopic (exact) mass is 286 g/mol. The third-order valence-electron chi connectivity index (χ3n) is 3.00. The molecule has 0 spiro atoms. The number of hydrogen-bond donors (Lipinski definition) is 2. The van der Waals surface area contributed by atoms with Crippen LogP contribution >= 0.6 is 0 Å². The molecule has 0 bridgehead atoms. The molecule has 0 heterocycles. The van der Waals surface area contributed by atoms with Crippen molar-refractivity contribution in [1.29, 1.82) is 0 Å². The van der Waals surface area contributed by atoms with Gasteiger partial charge in [-0.05, 0) is 37.0 Å². The van der Waals surface area contributed by atoms with Gasteiger partial charge in [0.15, 0.2) is 0 Å². The minimum Gasteiger partial charge on any atom is -0.310 e. The van der Waals surface area contributed by atoms with E-state index in [0.29, 0.717) is 25.6 Å². The number of halogens is 1. The first kappa shape index (κ1) is 14.4. The van der Waals surface area contributed by atoms with Crippen molar-refractivity contribution in [3.05, 3.63) is 29.6 Å². The summed E-state index contributed by atoms with van der Waals surface area (Å²) in [6.45, 7) is 2.74. The van der Waals surface area contributed by atoms with Gasteiger partial charge in [0.2, 0.25) is 10.0 Å². The third-order valence-corrected chi connectivity index (χ3v) is 4.49. The van der Waals surface area contributed by atoms with E-state index in [-0.39, 0.29) is 4.90 Å². The van der Waals surface area contributed by atoms with Crippen molar-refractivity contribution in [2.45, 2.75) is 43.7 Å². The summed E-state index contributed by atoms with van der Waals surface area (Å²) in [7, 11) is -3.73. The van der Waals surface area contributed by atoms with Crippen molar-refractivity contribution in [3.8, 4) is 0 Å². The molecule has 1 saturated carbocycles. The van der Waals surface area contributed by atoms with Crippen molar-refractivity contribution in [3.63, 3.8) is 0 Å². The predicted octanol–water partition coefficient (Wildman–Crippen LogP) is 1.77. The lowest BCUT2D eigenvalue weighted by Crippen LogP contribution is -2.25. The predicted molar refractivity (Wildman–Crippen MR) is 71.7 cm³/mol. The second-order valence-corrected chi connectivity index (χ2v) is 6.55. The fourth-order valence-electron chi connectivity index (χ4n) is 1.74. The number of rotatable bonds is 7. The van der Waals surface area contributed by atoms with E-state index in [4.69, 9.17) is 0 Å². The van der Waals surface area contributed by atoms with Crippen LogP contribution in [0, 0.1) is 5.82 Å². The zero-order valence-corrected chi connectivity index (χ0v) is 11.8. The second kappa shape index (κ2) is 5.98. The summed E-state index contributed by atoms with van der Waals surface area (Å²) < 4.78 is 39.9. The van der Waals surface area contributed by atoms with Crippen LogP contribution in [0.25, 0.3) is 0 Å². The van der Waals surface area contributed by atoms with Crippen LogP contribution in [0.15, 0.2) is 23.1 Å². The van der Waals surface area contributed by atoms with E-state index in [0.717, 1.165) is 18.4 Å². The molecule has 1 aliphatic rings. The molecule has 6 heteroatoms. The SMILES string of the molecule is CCCNS(=O)(=O)c1ccc(CNC2CC2)cc1F. The Balaban J connectivity index is 2.08. The molecule has 2 N–H and O–H groups in total. The first-order valence-corrected chi connectivity index (χ1v) is 8.02. The average Bonchev–Trinajstić information content (AvgIpc) is 3.18. The van der Waals surface area contributed by atoms with Crippen LogP contribution in [0.2, 0.25) is 0 Å². The Morgan fingerprint density at radius 1 is 1.37 bits per heavy atom. The highest BCUT2D eigenvalue weighted by Crippen LogP contribution is 2.20. The number of sulfonamides is 1. The van der Waals surface area contributed by atoms with E-state index < -0.39 is 15.8 Å². The number of nitrogens with one attached hydrogen (secondary N) is 2. The van der Waals surface area contributed by atoms with Gasteiger partial charge in [-0.25, -0.2) is 17.5 Å². The van der Waals surface area contributed by atoms with Gasteiger partial charge in [0.1, 0.15) is 10.7 Å². The van der Waals surface area contributed by atoms with E-state index in [2.05, 4.69) is 10.0 Å². The molecule has 2 rings (SSSR count). The van der Waals surface area contributed by atoms with Gasteiger partial charge >= 0.3 is 0 Å². The van der Waals surface area contributed by atoms with Crippen LogP contribution in [-0.4, -0.2) is 21.0 Å². The maximum atomic E-state index is 13.9. The molecular formula is C13H19FN2O2S. The largest absolute Gasteiger partial charge is 0.310 e. The fourth-order valence-corrected chi connectivity index (χ4v) is 2.93.